The average Bonchev–Trinajstić information content (AvgIpc) is 1.98. The first-order chi connectivity index (χ1) is 5.24. The fraction of sp³-hybridized carbons (Fsp3) is 0. The van der Waals surface area contributed by atoms with Crippen LogP contribution in [0.5, 0.6) is 0 Å². The summed E-state index contributed by atoms with van der Waals surface area (Å²) in [4.78, 5) is 16.7. The van der Waals surface area contributed by atoms with Crippen molar-refractivity contribution in [3.63, 3.8) is 0 Å². The largest absolute Gasteiger partial charge is 0.241 e. The van der Waals surface area contributed by atoms with E-state index in [9.17, 15) is 4.79 Å². The molecular formula is C6H2Cl2N2O. The fourth-order valence-electron chi connectivity index (χ4n) is 0.525. The van der Waals surface area contributed by atoms with E-state index in [-0.39, 0.29) is 10.2 Å². The second kappa shape index (κ2) is 3.49. The van der Waals surface area contributed by atoms with Crippen molar-refractivity contribution in [2.45, 2.75) is 0 Å². The summed E-state index contributed by atoms with van der Waals surface area (Å²) in [6, 6.07) is 1.43. The van der Waals surface area contributed by atoms with Gasteiger partial charge in [-0.25, -0.2) is 9.78 Å². The highest BCUT2D eigenvalue weighted by molar-refractivity contribution is 6.41. The Bertz CT molecular complexity index is 320. The smallest absolute Gasteiger partial charge is 0.240 e. The number of aromatic nitrogens is 1. The Balaban J connectivity index is 3.14. The van der Waals surface area contributed by atoms with Gasteiger partial charge in [0.15, 0.2) is 0 Å². The molecule has 11 heavy (non-hydrogen) atoms. The van der Waals surface area contributed by atoms with Crippen LogP contribution in [0.15, 0.2) is 17.3 Å². The molecule has 0 amide bonds. The minimum atomic E-state index is 0.191. The molecule has 0 aromatic carbocycles. The highest BCUT2D eigenvalue weighted by Crippen LogP contribution is 2.23. The molecule has 1 heterocycles. The lowest BCUT2D eigenvalue weighted by Crippen LogP contribution is -1.74. The van der Waals surface area contributed by atoms with Crippen LogP contribution in [0, 0.1) is 0 Å². The number of pyridine rings is 1. The van der Waals surface area contributed by atoms with Gasteiger partial charge in [0.05, 0.1) is 16.9 Å². The third-order valence-corrected chi connectivity index (χ3v) is 1.64. The maximum absolute atomic E-state index is 9.77. The summed E-state index contributed by atoms with van der Waals surface area (Å²) in [7, 11) is 0. The topological polar surface area (TPSA) is 42.3 Å². The number of hydrogen-bond donors (Lipinski definition) is 0. The Hall–Kier alpha value is -0.890. The predicted octanol–water partition coefficient (Wildman–Crippen LogP) is 2.36. The van der Waals surface area contributed by atoms with E-state index in [1.807, 2.05) is 0 Å². The van der Waals surface area contributed by atoms with Gasteiger partial charge in [0.2, 0.25) is 6.08 Å². The van der Waals surface area contributed by atoms with Gasteiger partial charge in [0.1, 0.15) is 5.15 Å². The van der Waals surface area contributed by atoms with Gasteiger partial charge in [-0.2, -0.15) is 4.99 Å². The van der Waals surface area contributed by atoms with Gasteiger partial charge in [0.25, 0.3) is 0 Å². The molecule has 5 heteroatoms. The zero-order chi connectivity index (χ0) is 8.27. The zero-order valence-corrected chi connectivity index (χ0v) is 6.73. The van der Waals surface area contributed by atoms with Crippen LogP contribution in [-0.2, 0) is 4.79 Å². The van der Waals surface area contributed by atoms with Gasteiger partial charge < -0.3 is 0 Å². The molecule has 0 N–H and O–H groups in total. The van der Waals surface area contributed by atoms with E-state index >= 15 is 0 Å². The molecule has 1 aromatic rings. The van der Waals surface area contributed by atoms with Gasteiger partial charge in [-0.3, -0.25) is 0 Å². The zero-order valence-electron chi connectivity index (χ0n) is 5.21. The molecule has 0 unspecified atom stereocenters. The van der Waals surface area contributed by atoms with Crippen LogP contribution in [0.1, 0.15) is 0 Å². The summed E-state index contributed by atoms with van der Waals surface area (Å²) in [5.41, 5.74) is 0.342. The van der Waals surface area contributed by atoms with Gasteiger partial charge >= 0.3 is 0 Å². The van der Waals surface area contributed by atoms with Crippen molar-refractivity contribution in [2.75, 3.05) is 0 Å². The van der Waals surface area contributed by atoms with Crippen molar-refractivity contribution in [3.8, 4) is 0 Å². The van der Waals surface area contributed by atoms with Gasteiger partial charge in [-0.15, -0.1) is 0 Å². The van der Waals surface area contributed by atoms with Crippen LogP contribution in [0.25, 0.3) is 0 Å². The van der Waals surface area contributed by atoms with Crippen LogP contribution in [-0.4, -0.2) is 11.1 Å². The Kier molecular flexibility index (Phi) is 2.60. The summed E-state index contributed by atoms with van der Waals surface area (Å²) in [5, 5.41) is 0.458. The Labute approximate surface area is 72.7 Å². The summed E-state index contributed by atoms with van der Waals surface area (Å²) >= 11 is 11.1. The lowest BCUT2D eigenvalue weighted by atomic mass is 10.4. The second-order valence-corrected chi connectivity index (χ2v) is 2.43. The van der Waals surface area contributed by atoms with Crippen molar-refractivity contribution in [2.24, 2.45) is 4.99 Å². The van der Waals surface area contributed by atoms with Gasteiger partial charge in [-0.1, -0.05) is 23.2 Å². The Morgan fingerprint density at radius 2 is 2.27 bits per heavy atom. The molecule has 0 fully saturated rings. The minimum absolute atomic E-state index is 0.191. The normalized spacial score (nSPS) is 8.91. The van der Waals surface area contributed by atoms with Crippen molar-refractivity contribution in [1.29, 1.82) is 0 Å². The molecule has 0 saturated carbocycles. The number of nitrogens with zero attached hydrogens (tertiary/aromatic N) is 2. The summed E-state index contributed by atoms with van der Waals surface area (Å²) < 4.78 is 0. The van der Waals surface area contributed by atoms with E-state index in [1.54, 1.807) is 0 Å². The molecule has 0 aliphatic rings. The third-order valence-electron chi connectivity index (χ3n) is 0.957. The van der Waals surface area contributed by atoms with Crippen LogP contribution < -0.4 is 0 Å². The first-order valence-corrected chi connectivity index (χ1v) is 3.38. The van der Waals surface area contributed by atoms with E-state index in [0.717, 1.165) is 0 Å². The monoisotopic (exact) mass is 188 g/mol. The number of isocyanates is 1. The van der Waals surface area contributed by atoms with E-state index in [1.165, 1.54) is 18.3 Å². The van der Waals surface area contributed by atoms with Gasteiger partial charge in [0, 0.05) is 0 Å². The fourth-order valence-corrected chi connectivity index (χ4v) is 0.789. The van der Waals surface area contributed by atoms with Crippen LogP contribution in [0.2, 0.25) is 10.2 Å². The van der Waals surface area contributed by atoms with Crippen molar-refractivity contribution < 1.29 is 4.79 Å². The molecule has 0 saturated heterocycles. The van der Waals surface area contributed by atoms with E-state index in [0.29, 0.717) is 5.69 Å². The molecule has 0 atom stereocenters. The second-order valence-electron chi connectivity index (χ2n) is 1.67. The van der Waals surface area contributed by atoms with E-state index in [2.05, 4.69) is 9.98 Å². The van der Waals surface area contributed by atoms with Crippen LogP contribution in [0.3, 0.4) is 0 Å². The summed E-state index contributed by atoms with van der Waals surface area (Å²) in [5.74, 6) is 0. The average molecular weight is 189 g/mol. The third kappa shape index (κ3) is 2.02. The first-order valence-electron chi connectivity index (χ1n) is 2.63. The van der Waals surface area contributed by atoms with Gasteiger partial charge in [-0.05, 0) is 6.07 Å². The molecule has 1 rings (SSSR count). The molecule has 56 valence electrons. The molecule has 0 bridgehead atoms. The Morgan fingerprint density at radius 3 is 2.82 bits per heavy atom. The van der Waals surface area contributed by atoms with Crippen molar-refractivity contribution in [1.82, 2.24) is 4.98 Å². The number of carbonyl (C=O) groups excluding carboxylic acids is 1. The number of aliphatic imine (C=N–C) groups is 1. The molecule has 0 spiro atoms. The summed E-state index contributed by atoms with van der Waals surface area (Å²) in [6.07, 6.45) is 2.70. The minimum Gasteiger partial charge on any atom is -0.241 e. The highest BCUT2D eigenvalue weighted by atomic mass is 35.5. The molecule has 0 radical (unpaired) electrons. The molecule has 1 aromatic heterocycles. The van der Waals surface area contributed by atoms with E-state index in [4.69, 9.17) is 23.2 Å². The predicted molar refractivity (Wildman–Crippen MR) is 42.0 cm³/mol. The van der Waals surface area contributed by atoms with Crippen LogP contribution in [0.4, 0.5) is 5.69 Å². The molecule has 3 nitrogen and oxygen atoms in total. The Morgan fingerprint density at radius 1 is 1.55 bits per heavy atom. The lowest BCUT2D eigenvalue weighted by Gasteiger charge is -1.92. The number of rotatable bonds is 1. The van der Waals surface area contributed by atoms with Crippen LogP contribution >= 0.6 is 23.2 Å². The standard InChI is InChI=1S/C6H2Cl2N2O/c7-5-1-4(10-3-11)2-9-6(5)8/h1-2H. The maximum atomic E-state index is 9.77. The number of halogens is 2. The maximum Gasteiger partial charge on any atom is 0.240 e. The van der Waals surface area contributed by atoms with Crippen molar-refractivity contribution in [3.05, 3.63) is 22.4 Å². The quantitative estimate of drug-likeness (QED) is 0.386. The van der Waals surface area contributed by atoms with E-state index < -0.39 is 0 Å². The molecule has 0 aliphatic heterocycles. The molecule has 0 aliphatic carbocycles. The molecular weight excluding hydrogens is 187 g/mol. The first kappa shape index (κ1) is 8.21. The van der Waals surface area contributed by atoms with Crippen molar-refractivity contribution >= 4 is 35.0 Å². The summed E-state index contributed by atoms with van der Waals surface area (Å²) in [6.45, 7) is 0. The number of hydrogen-bond acceptors (Lipinski definition) is 3. The SMILES string of the molecule is O=C=Nc1cnc(Cl)c(Cl)c1. The highest BCUT2D eigenvalue weighted by Gasteiger charge is 1.98. The lowest BCUT2D eigenvalue weighted by molar-refractivity contribution is 0.565.